The summed E-state index contributed by atoms with van der Waals surface area (Å²) in [6.07, 6.45) is -0.473. The van der Waals surface area contributed by atoms with E-state index in [2.05, 4.69) is 0 Å². The fourth-order valence-corrected chi connectivity index (χ4v) is 2.53. The van der Waals surface area contributed by atoms with Gasteiger partial charge in [-0.2, -0.15) is 8.78 Å². The predicted molar refractivity (Wildman–Crippen MR) is 71.4 cm³/mol. The van der Waals surface area contributed by atoms with Crippen molar-refractivity contribution in [3.8, 4) is 0 Å². The number of thiophene rings is 1. The van der Waals surface area contributed by atoms with E-state index in [1.54, 1.807) is 6.07 Å². The Labute approximate surface area is 114 Å². The van der Waals surface area contributed by atoms with Crippen molar-refractivity contribution in [2.45, 2.75) is 33.1 Å². The normalized spacial score (nSPS) is 10.1. The molecule has 0 bridgehead atoms. The molecule has 2 amide bonds. The molecule has 3 nitrogen and oxygen atoms in total. The molecule has 0 aliphatic carbocycles. The van der Waals surface area contributed by atoms with E-state index in [1.165, 1.54) is 18.3 Å². The molecule has 0 saturated heterocycles. The lowest BCUT2D eigenvalue weighted by molar-refractivity contribution is -0.125. The highest BCUT2D eigenvalue weighted by Crippen LogP contribution is 2.25. The first-order valence-electron chi connectivity index (χ1n) is 5.81. The van der Waals surface area contributed by atoms with Gasteiger partial charge in [-0.3, -0.25) is 9.59 Å². The van der Waals surface area contributed by atoms with Crippen LogP contribution < -0.4 is 4.90 Å². The maximum atomic E-state index is 11.9. The number of aryl methyl sites for hydroxylation is 1. The number of imide groups is 1. The van der Waals surface area contributed by atoms with E-state index >= 15 is 0 Å². The van der Waals surface area contributed by atoms with Crippen LogP contribution in [0.5, 0.6) is 0 Å². The van der Waals surface area contributed by atoms with E-state index in [0.29, 0.717) is 11.4 Å². The zero-order valence-corrected chi connectivity index (χ0v) is 11.6. The highest BCUT2D eigenvalue weighted by molar-refractivity contribution is 7.14. The zero-order valence-electron chi connectivity index (χ0n) is 10.8. The van der Waals surface area contributed by atoms with Gasteiger partial charge < -0.3 is 0 Å². The molecule has 1 aromatic heterocycles. The van der Waals surface area contributed by atoms with Crippen molar-refractivity contribution in [2.75, 3.05) is 4.90 Å². The van der Waals surface area contributed by atoms with Crippen molar-refractivity contribution < 1.29 is 18.4 Å². The van der Waals surface area contributed by atoms with Crippen molar-refractivity contribution in [2.24, 2.45) is 0 Å². The summed E-state index contributed by atoms with van der Waals surface area (Å²) >= 11 is 1.31. The number of hydrogen-bond donors (Lipinski definition) is 0. The van der Waals surface area contributed by atoms with Crippen molar-refractivity contribution >= 4 is 28.2 Å². The molecule has 104 valence electrons. The molecular weight excluding hydrogens is 272 g/mol. The summed E-state index contributed by atoms with van der Waals surface area (Å²) in [5.41, 5.74) is 0.974. The number of anilines is 1. The van der Waals surface area contributed by atoms with Gasteiger partial charge in [0, 0.05) is 13.3 Å². The van der Waals surface area contributed by atoms with Crippen LogP contribution in [0.4, 0.5) is 13.8 Å². The molecule has 1 rings (SSSR count). The van der Waals surface area contributed by atoms with E-state index < -0.39 is 6.08 Å². The number of nitrogens with zero attached hydrogens (tertiary/aromatic N) is 1. The topological polar surface area (TPSA) is 37.4 Å². The standard InChI is InChI=1S/C13H15F2NO2S/c1-9-7-13(19-8-9)16(10(2)17)12(18)6-4-3-5-11(14)15/h5,7-8H,3-4,6H2,1-2H3. The number of allylic oxidation sites excluding steroid dienone is 1. The summed E-state index contributed by atoms with van der Waals surface area (Å²) in [6.45, 7) is 3.19. The van der Waals surface area contributed by atoms with Crippen molar-refractivity contribution in [1.82, 2.24) is 0 Å². The maximum Gasteiger partial charge on any atom is 0.266 e. The van der Waals surface area contributed by atoms with Gasteiger partial charge in [-0.05, 0) is 42.9 Å². The summed E-state index contributed by atoms with van der Waals surface area (Å²) in [4.78, 5) is 24.6. The highest BCUT2D eigenvalue weighted by Gasteiger charge is 2.20. The van der Waals surface area contributed by atoms with Crippen LogP contribution in [-0.4, -0.2) is 11.8 Å². The Morgan fingerprint density at radius 1 is 1.42 bits per heavy atom. The van der Waals surface area contributed by atoms with E-state index in [1.807, 2.05) is 12.3 Å². The number of carbonyl (C=O) groups is 2. The number of rotatable bonds is 5. The Balaban J connectivity index is 2.65. The number of amides is 2. The summed E-state index contributed by atoms with van der Waals surface area (Å²) in [5, 5.41) is 2.42. The zero-order chi connectivity index (χ0) is 14.4. The summed E-state index contributed by atoms with van der Waals surface area (Å²) < 4.78 is 23.7. The molecule has 0 aromatic carbocycles. The highest BCUT2D eigenvalue weighted by atomic mass is 32.1. The van der Waals surface area contributed by atoms with E-state index in [0.717, 1.165) is 16.5 Å². The average Bonchev–Trinajstić information content (AvgIpc) is 2.70. The Kier molecular flexibility index (Phi) is 5.82. The molecule has 19 heavy (non-hydrogen) atoms. The first-order valence-corrected chi connectivity index (χ1v) is 6.69. The first kappa shape index (κ1) is 15.5. The third kappa shape index (κ3) is 4.90. The fourth-order valence-electron chi connectivity index (χ4n) is 1.56. The first-order chi connectivity index (χ1) is 8.91. The van der Waals surface area contributed by atoms with E-state index in [4.69, 9.17) is 0 Å². The second kappa shape index (κ2) is 7.13. The molecule has 0 fully saturated rings. The molecule has 0 unspecified atom stereocenters. The average molecular weight is 287 g/mol. The predicted octanol–water partition coefficient (Wildman–Crippen LogP) is 3.89. The molecule has 0 saturated carbocycles. The second-order valence-electron chi connectivity index (χ2n) is 4.10. The Hall–Kier alpha value is -1.56. The SMILES string of the molecule is CC(=O)N(C(=O)CCCC=C(F)F)c1cc(C)cs1. The second-order valence-corrected chi connectivity index (χ2v) is 4.99. The minimum absolute atomic E-state index is 0.0697. The molecule has 0 spiro atoms. The smallest absolute Gasteiger partial charge is 0.266 e. The van der Waals surface area contributed by atoms with Gasteiger partial charge in [-0.1, -0.05) is 0 Å². The third-order valence-corrected chi connectivity index (χ3v) is 3.43. The molecule has 0 radical (unpaired) electrons. The summed E-state index contributed by atoms with van der Waals surface area (Å²) in [5.74, 6) is -0.721. The van der Waals surface area contributed by atoms with Crippen LogP contribution in [-0.2, 0) is 9.59 Å². The van der Waals surface area contributed by atoms with Crippen molar-refractivity contribution in [1.29, 1.82) is 0 Å². The van der Waals surface area contributed by atoms with Crippen LogP contribution in [0.25, 0.3) is 0 Å². The van der Waals surface area contributed by atoms with Gasteiger partial charge in [0.1, 0.15) is 5.00 Å². The molecular formula is C13H15F2NO2S. The molecule has 0 N–H and O–H groups in total. The van der Waals surface area contributed by atoms with Crippen LogP contribution in [0.2, 0.25) is 0 Å². The molecule has 6 heteroatoms. The largest absolute Gasteiger partial charge is 0.274 e. The number of hydrogen-bond acceptors (Lipinski definition) is 3. The number of carbonyl (C=O) groups excluding carboxylic acids is 2. The number of halogens is 2. The Bertz CT molecular complexity index is 493. The third-order valence-electron chi connectivity index (χ3n) is 2.39. The fraction of sp³-hybridized carbons (Fsp3) is 0.385. The van der Waals surface area contributed by atoms with Gasteiger partial charge in [0.25, 0.3) is 6.08 Å². The molecule has 1 heterocycles. The van der Waals surface area contributed by atoms with Crippen LogP contribution in [0.1, 0.15) is 31.7 Å². The molecule has 1 aromatic rings. The van der Waals surface area contributed by atoms with E-state index in [-0.39, 0.29) is 24.7 Å². The monoisotopic (exact) mass is 287 g/mol. The maximum absolute atomic E-state index is 11.9. The molecule has 0 aliphatic rings. The lowest BCUT2D eigenvalue weighted by Crippen LogP contribution is -2.34. The summed E-state index contributed by atoms with van der Waals surface area (Å²) in [6, 6.07) is 1.76. The van der Waals surface area contributed by atoms with Crippen LogP contribution in [0, 0.1) is 6.92 Å². The van der Waals surface area contributed by atoms with Gasteiger partial charge >= 0.3 is 0 Å². The lowest BCUT2D eigenvalue weighted by Gasteiger charge is -2.16. The van der Waals surface area contributed by atoms with Crippen LogP contribution in [0.15, 0.2) is 23.6 Å². The van der Waals surface area contributed by atoms with Crippen LogP contribution in [0.3, 0.4) is 0 Å². The Morgan fingerprint density at radius 2 is 2.11 bits per heavy atom. The van der Waals surface area contributed by atoms with E-state index in [9.17, 15) is 18.4 Å². The summed E-state index contributed by atoms with van der Waals surface area (Å²) in [7, 11) is 0. The molecule has 0 aliphatic heterocycles. The minimum Gasteiger partial charge on any atom is -0.274 e. The van der Waals surface area contributed by atoms with Crippen molar-refractivity contribution in [3.63, 3.8) is 0 Å². The minimum atomic E-state index is -1.75. The van der Waals surface area contributed by atoms with Gasteiger partial charge in [0.2, 0.25) is 11.8 Å². The Morgan fingerprint density at radius 3 is 2.58 bits per heavy atom. The van der Waals surface area contributed by atoms with Gasteiger partial charge in [-0.25, -0.2) is 4.90 Å². The van der Waals surface area contributed by atoms with Gasteiger partial charge in [0.15, 0.2) is 0 Å². The van der Waals surface area contributed by atoms with Crippen LogP contribution >= 0.6 is 11.3 Å². The van der Waals surface area contributed by atoms with Gasteiger partial charge in [0.05, 0.1) is 0 Å². The van der Waals surface area contributed by atoms with Gasteiger partial charge in [-0.15, -0.1) is 11.3 Å². The molecule has 0 atom stereocenters. The van der Waals surface area contributed by atoms with Crippen molar-refractivity contribution in [3.05, 3.63) is 29.2 Å². The quantitative estimate of drug-likeness (QED) is 0.770. The number of unbranched alkanes of at least 4 members (excludes halogenated alkanes) is 1. The lowest BCUT2D eigenvalue weighted by atomic mass is 10.2.